The van der Waals surface area contributed by atoms with E-state index in [1.165, 1.54) is 0 Å². The zero-order chi connectivity index (χ0) is 15.8. The first-order valence-electron chi connectivity index (χ1n) is 5.70. The third kappa shape index (κ3) is 3.75. The SMILES string of the molecule is O=S(=O)(Cl)C(c1cc(Br)c2c(c1)OCCCO2)C(F)(F)F. The fourth-order valence-electron chi connectivity index (χ4n) is 1.91. The lowest BCUT2D eigenvalue weighted by atomic mass is 10.1. The summed E-state index contributed by atoms with van der Waals surface area (Å²) in [6.07, 6.45) is -4.48. The lowest BCUT2D eigenvalue weighted by Crippen LogP contribution is -2.26. The quantitative estimate of drug-likeness (QED) is 0.698. The summed E-state index contributed by atoms with van der Waals surface area (Å²) in [6, 6.07) is 2.01. The first kappa shape index (κ1) is 16.7. The maximum absolute atomic E-state index is 13.0. The van der Waals surface area contributed by atoms with E-state index in [2.05, 4.69) is 15.9 Å². The molecule has 0 saturated carbocycles. The summed E-state index contributed by atoms with van der Waals surface area (Å²) in [4.78, 5) is 0. The fraction of sp³-hybridized carbons (Fsp3) is 0.455. The zero-order valence-electron chi connectivity index (χ0n) is 10.3. The van der Waals surface area contributed by atoms with E-state index in [1.807, 2.05) is 0 Å². The number of alkyl halides is 3. The van der Waals surface area contributed by atoms with Crippen molar-refractivity contribution in [3.8, 4) is 11.5 Å². The zero-order valence-corrected chi connectivity index (χ0v) is 13.4. The predicted octanol–water partition coefficient (Wildman–Crippen LogP) is 3.78. The molecule has 1 atom stereocenters. The molecule has 0 spiro atoms. The third-order valence-electron chi connectivity index (χ3n) is 2.71. The monoisotopic (exact) mass is 408 g/mol. The molecule has 1 aliphatic rings. The van der Waals surface area contributed by atoms with Gasteiger partial charge in [0.2, 0.25) is 9.05 Å². The minimum absolute atomic E-state index is 0.0476. The van der Waals surface area contributed by atoms with E-state index < -0.39 is 26.0 Å². The lowest BCUT2D eigenvalue weighted by molar-refractivity contribution is -0.131. The van der Waals surface area contributed by atoms with Crippen LogP contribution in [0.1, 0.15) is 17.2 Å². The van der Waals surface area contributed by atoms with Crippen LogP contribution in [0.4, 0.5) is 13.2 Å². The van der Waals surface area contributed by atoms with Crippen molar-refractivity contribution in [2.75, 3.05) is 13.2 Å². The molecule has 21 heavy (non-hydrogen) atoms. The first-order valence-corrected chi connectivity index (χ1v) is 8.86. The van der Waals surface area contributed by atoms with E-state index in [0.29, 0.717) is 13.0 Å². The molecular formula is C11H9BrClF3O4S. The van der Waals surface area contributed by atoms with Crippen LogP contribution in [-0.2, 0) is 9.05 Å². The molecule has 1 aromatic rings. The average Bonchev–Trinajstić information content (AvgIpc) is 2.50. The van der Waals surface area contributed by atoms with Crippen molar-refractivity contribution >= 4 is 35.7 Å². The highest BCUT2D eigenvalue weighted by atomic mass is 79.9. The highest BCUT2D eigenvalue weighted by Crippen LogP contribution is 2.46. The van der Waals surface area contributed by atoms with Crippen LogP contribution in [0.3, 0.4) is 0 Å². The van der Waals surface area contributed by atoms with Crippen molar-refractivity contribution in [3.63, 3.8) is 0 Å². The molecular weight excluding hydrogens is 401 g/mol. The van der Waals surface area contributed by atoms with Crippen molar-refractivity contribution in [2.45, 2.75) is 17.8 Å². The maximum atomic E-state index is 13.0. The molecule has 0 amide bonds. The van der Waals surface area contributed by atoms with Gasteiger partial charge in [0.25, 0.3) is 0 Å². The molecule has 10 heteroatoms. The molecule has 0 fully saturated rings. The van der Waals surface area contributed by atoms with E-state index in [9.17, 15) is 21.6 Å². The Labute approximate surface area is 131 Å². The number of benzene rings is 1. The van der Waals surface area contributed by atoms with Gasteiger partial charge in [0, 0.05) is 17.1 Å². The molecule has 2 rings (SSSR count). The van der Waals surface area contributed by atoms with Crippen LogP contribution in [0.15, 0.2) is 16.6 Å². The highest BCUT2D eigenvalue weighted by molar-refractivity contribution is 9.10. The van der Waals surface area contributed by atoms with E-state index in [-0.39, 0.29) is 22.6 Å². The van der Waals surface area contributed by atoms with Crippen molar-refractivity contribution in [3.05, 3.63) is 22.2 Å². The number of ether oxygens (including phenoxy) is 2. The largest absolute Gasteiger partial charge is 0.490 e. The van der Waals surface area contributed by atoms with Crippen molar-refractivity contribution < 1.29 is 31.1 Å². The molecule has 0 bridgehead atoms. The molecule has 1 unspecified atom stereocenters. The van der Waals surface area contributed by atoms with Crippen LogP contribution < -0.4 is 9.47 Å². The van der Waals surface area contributed by atoms with Gasteiger partial charge in [0.05, 0.1) is 17.7 Å². The highest BCUT2D eigenvalue weighted by Gasteiger charge is 2.49. The van der Waals surface area contributed by atoms with Crippen molar-refractivity contribution in [2.24, 2.45) is 0 Å². The molecule has 1 aromatic carbocycles. The van der Waals surface area contributed by atoms with Crippen LogP contribution in [0.5, 0.6) is 11.5 Å². The Bertz CT molecular complexity index is 648. The Kier molecular flexibility index (Phi) is 4.65. The van der Waals surface area contributed by atoms with Crippen molar-refractivity contribution in [1.82, 2.24) is 0 Å². The third-order valence-corrected chi connectivity index (χ3v) is 4.93. The summed E-state index contributed by atoms with van der Waals surface area (Å²) in [7, 11) is 0.0529. The Morgan fingerprint density at radius 2 is 1.86 bits per heavy atom. The molecule has 0 aliphatic carbocycles. The van der Waals surface area contributed by atoms with E-state index in [0.717, 1.165) is 12.1 Å². The van der Waals surface area contributed by atoms with Crippen LogP contribution >= 0.6 is 26.6 Å². The van der Waals surface area contributed by atoms with E-state index in [4.69, 9.17) is 20.2 Å². The topological polar surface area (TPSA) is 52.6 Å². The molecule has 0 aromatic heterocycles. The minimum atomic E-state index is -5.04. The minimum Gasteiger partial charge on any atom is -0.490 e. The summed E-state index contributed by atoms with van der Waals surface area (Å²) >= 11 is 3.06. The van der Waals surface area contributed by atoms with Gasteiger partial charge in [-0.1, -0.05) is 0 Å². The summed E-state index contributed by atoms with van der Waals surface area (Å²) in [5.41, 5.74) is -0.534. The molecule has 0 saturated heterocycles. The molecule has 0 N–H and O–H groups in total. The standard InChI is InChI=1S/C11H9BrClF3O4S/c12-7-4-6(10(11(14,15)16)21(13,17)18)5-8-9(7)20-3-1-2-19-8/h4-5,10H,1-3H2. The second-order valence-electron chi connectivity index (χ2n) is 4.28. The summed E-state index contributed by atoms with van der Waals surface area (Å²) in [5.74, 6) is 0.288. The molecule has 118 valence electrons. The normalized spacial score (nSPS) is 17.2. The van der Waals surface area contributed by atoms with Gasteiger partial charge in [-0.3, -0.25) is 0 Å². The number of rotatable bonds is 2. The Morgan fingerprint density at radius 3 is 2.43 bits per heavy atom. The number of hydrogen-bond acceptors (Lipinski definition) is 4. The molecule has 0 radical (unpaired) electrons. The van der Waals surface area contributed by atoms with Gasteiger partial charge in [0.1, 0.15) is 0 Å². The van der Waals surface area contributed by atoms with Gasteiger partial charge in [0.15, 0.2) is 16.7 Å². The van der Waals surface area contributed by atoms with Gasteiger partial charge in [-0.2, -0.15) is 13.2 Å². The maximum Gasteiger partial charge on any atom is 0.410 e. The fourth-order valence-corrected chi connectivity index (χ4v) is 3.88. The number of hydrogen-bond donors (Lipinski definition) is 0. The lowest BCUT2D eigenvalue weighted by Gasteiger charge is -2.19. The summed E-state index contributed by atoms with van der Waals surface area (Å²) in [5, 5.41) is -2.83. The summed E-state index contributed by atoms with van der Waals surface area (Å²) in [6.45, 7) is 0.606. The van der Waals surface area contributed by atoms with Crippen molar-refractivity contribution in [1.29, 1.82) is 0 Å². The van der Waals surface area contributed by atoms with E-state index in [1.54, 1.807) is 0 Å². The second-order valence-corrected chi connectivity index (χ2v) is 7.85. The number of halogens is 5. The molecule has 4 nitrogen and oxygen atoms in total. The van der Waals surface area contributed by atoms with Crippen LogP contribution in [0, 0.1) is 0 Å². The van der Waals surface area contributed by atoms with Crippen LogP contribution in [0.2, 0.25) is 0 Å². The van der Waals surface area contributed by atoms with Crippen LogP contribution in [-0.4, -0.2) is 27.8 Å². The molecule has 1 heterocycles. The average molecular weight is 410 g/mol. The first-order chi connectivity index (χ1) is 9.60. The number of fused-ring (bicyclic) bond motifs is 1. The second kappa shape index (κ2) is 5.85. The Hall–Kier alpha value is -0.670. The summed E-state index contributed by atoms with van der Waals surface area (Å²) < 4.78 is 72.4. The van der Waals surface area contributed by atoms with Gasteiger partial charge in [-0.25, -0.2) is 8.42 Å². The van der Waals surface area contributed by atoms with Gasteiger partial charge in [-0.15, -0.1) is 0 Å². The molecule has 1 aliphatic heterocycles. The Morgan fingerprint density at radius 1 is 1.24 bits per heavy atom. The van der Waals surface area contributed by atoms with Gasteiger partial charge < -0.3 is 9.47 Å². The van der Waals surface area contributed by atoms with Gasteiger partial charge in [-0.05, 0) is 33.6 Å². The predicted molar refractivity (Wildman–Crippen MR) is 73.3 cm³/mol. The Balaban J connectivity index is 2.58. The van der Waals surface area contributed by atoms with Crippen LogP contribution in [0.25, 0.3) is 0 Å². The smallest absolute Gasteiger partial charge is 0.410 e. The van der Waals surface area contributed by atoms with E-state index >= 15 is 0 Å². The van der Waals surface area contributed by atoms with Gasteiger partial charge >= 0.3 is 6.18 Å².